The first-order chi connectivity index (χ1) is 10.6. The van der Waals surface area contributed by atoms with Crippen LogP contribution in [-0.2, 0) is 0 Å². The van der Waals surface area contributed by atoms with E-state index in [0.29, 0.717) is 11.7 Å². The lowest BCUT2D eigenvalue weighted by molar-refractivity contribution is 0.0753. The van der Waals surface area contributed by atoms with Gasteiger partial charge in [-0.15, -0.1) is 22.7 Å². The SMILES string of the molecule is CN(C)[C@@H]1CCCN(C(=O)c2csc(-c3cccs3)n2)CC1. The molecule has 0 aromatic carbocycles. The van der Waals surface area contributed by atoms with Gasteiger partial charge in [0.15, 0.2) is 0 Å². The van der Waals surface area contributed by atoms with Crippen LogP contribution in [0.5, 0.6) is 0 Å². The lowest BCUT2D eigenvalue weighted by Crippen LogP contribution is -2.34. The summed E-state index contributed by atoms with van der Waals surface area (Å²) in [7, 11) is 4.24. The molecule has 3 rings (SSSR count). The number of thiophene rings is 1. The summed E-state index contributed by atoms with van der Waals surface area (Å²) in [6, 6.07) is 4.64. The fourth-order valence-corrected chi connectivity index (χ4v) is 4.45. The number of hydrogen-bond acceptors (Lipinski definition) is 5. The van der Waals surface area contributed by atoms with Crippen molar-refractivity contribution in [1.29, 1.82) is 0 Å². The van der Waals surface area contributed by atoms with Crippen molar-refractivity contribution in [3.05, 3.63) is 28.6 Å². The molecule has 1 atom stereocenters. The molecular weight excluding hydrogens is 314 g/mol. The Labute approximate surface area is 139 Å². The Bertz CT molecular complexity index is 621. The van der Waals surface area contributed by atoms with Crippen LogP contribution in [0.4, 0.5) is 0 Å². The molecule has 3 heterocycles. The molecule has 0 spiro atoms. The molecule has 0 radical (unpaired) electrons. The average Bonchev–Trinajstić information content (AvgIpc) is 3.12. The van der Waals surface area contributed by atoms with Gasteiger partial charge in [-0.25, -0.2) is 4.98 Å². The van der Waals surface area contributed by atoms with Crippen molar-refractivity contribution in [2.45, 2.75) is 25.3 Å². The number of likely N-dealkylation sites (tertiary alicyclic amines) is 1. The Morgan fingerprint density at radius 3 is 2.91 bits per heavy atom. The summed E-state index contributed by atoms with van der Waals surface area (Å²) in [6.07, 6.45) is 3.27. The molecule has 1 aliphatic heterocycles. The minimum Gasteiger partial charge on any atom is -0.337 e. The predicted molar refractivity (Wildman–Crippen MR) is 92.7 cm³/mol. The zero-order valence-electron chi connectivity index (χ0n) is 13.0. The second-order valence-corrected chi connectivity index (χ2v) is 7.66. The number of carbonyl (C=O) groups is 1. The van der Waals surface area contributed by atoms with E-state index in [0.717, 1.165) is 42.2 Å². The summed E-state index contributed by atoms with van der Waals surface area (Å²) in [4.78, 5) is 22.6. The Morgan fingerprint density at radius 2 is 2.18 bits per heavy atom. The van der Waals surface area contributed by atoms with Crippen molar-refractivity contribution >= 4 is 28.6 Å². The molecule has 1 amide bonds. The third-order valence-electron chi connectivity index (χ3n) is 4.17. The van der Waals surface area contributed by atoms with Gasteiger partial charge in [-0.05, 0) is 44.8 Å². The van der Waals surface area contributed by atoms with Gasteiger partial charge in [0.25, 0.3) is 5.91 Å². The number of hydrogen-bond donors (Lipinski definition) is 0. The first-order valence-electron chi connectivity index (χ1n) is 7.60. The summed E-state index contributed by atoms with van der Waals surface area (Å²) in [5.41, 5.74) is 0.594. The highest BCUT2D eigenvalue weighted by Gasteiger charge is 2.24. The first kappa shape index (κ1) is 15.6. The van der Waals surface area contributed by atoms with Gasteiger partial charge in [0, 0.05) is 24.5 Å². The molecule has 0 N–H and O–H groups in total. The minimum atomic E-state index is 0.0819. The van der Waals surface area contributed by atoms with E-state index in [9.17, 15) is 4.79 Å². The number of rotatable bonds is 3. The van der Waals surface area contributed by atoms with Crippen molar-refractivity contribution in [1.82, 2.24) is 14.8 Å². The van der Waals surface area contributed by atoms with Gasteiger partial charge in [0.05, 0.1) is 4.88 Å². The van der Waals surface area contributed by atoms with Crippen LogP contribution in [0.25, 0.3) is 9.88 Å². The highest BCUT2D eigenvalue weighted by Crippen LogP contribution is 2.28. The van der Waals surface area contributed by atoms with Crippen molar-refractivity contribution in [2.24, 2.45) is 0 Å². The normalized spacial score (nSPS) is 19.4. The van der Waals surface area contributed by atoms with Crippen LogP contribution in [-0.4, -0.2) is 53.9 Å². The van der Waals surface area contributed by atoms with Crippen molar-refractivity contribution < 1.29 is 4.79 Å². The van der Waals surface area contributed by atoms with Crippen LogP contribution < -0.4 is 0 Å². The van der Waals surface area contributed by atoms with Crippen LogP contribution >= 0.6 is 22.7 Å². The molecule has 4 nitrogen and oxygen atoms in total. The topological polar surface area (TPSA) is 36.4 Å². The highest BCUT2D eigenvalue weighted by atomic mass is 32.1. The molecular formula is C16H21N3OS2. The molecule has 0 unspecified atom stereocenters. The zero-order valence-corrected chi connectivity index (χ0v) is 14.6. The molecule has 1 fully saturated rings. The van der Waals surface area contributed by atoms with Crippen molar-refractivity contribution in [2.75, 3.05) is 27.2 Å². The largest absolute Gasteiger partial charge is 0.337 e. The van der Waals surface area contributed by atoms with E-state index >= 15 is 0 Å². The van der Waals surface area contributed by atoms with Crippen LogP contribution in [0.2, 0.25) is 0 Å². The molecule has 118 valence electrons. The second-order valence-electron chi connectivity index (χ2n) is 5.86. The van der Waals surface area contributed by atoms with Gasteiger partial charge >= 0.3 is 0 Å². The van der Waals surface area contributed by atoms with Gasteiger partial charge in [0.1, 0.15) is 10.7 Å². The summed E-state index contributed by atoms with van der Waals surface area (Å²) < 4.78 is 0. The maximum absolute atomic E-state index is 12.7. The van der Waals surface area contributed by atoms with Gasteiger partial charge < -0.3 is 9.80 Å². The fraction of sp³-hybridized carbons (Fsp3) is 0.500. The van der Waals surface area contributed by atoms with E-state index in [1.165, 1.54) is 0 Å². The molecule has 0 saturated carbocycles. The highest BCUT2D eigenvalue weighted by molar-refractivity contribution is 7.20. The predicted octanol–water partition coefficient (Wildman–Crippen LogP) is 3.43. The first-order valence-corrected chi connectivity index (χ1v) is 9.36. The van der Waals surface area contributed by atoms with Crippen LogP contribution in [0.15, 0.2) is 22.9 Å². The quantitative estimate of drug-likeness (QED) is 0.862. The molecule has 1 saturated heterocycles. The second kappa shape index (κ2) is 6.89. The number of amides is 1. The molecule has 0 bridgehead atoms. The molecule has 6 heteroatoms. The summed E-state index contributed by atoms with van der Waals surface area (Å²) in [6.45, 7) is 1.67. The van der Waals surface area contributed by atoms with E-state index in [4.69, 9.17) is 0 Å². The van der Waals surface area contributed by atoms with E-state index in [2.05, 4.69) is 24.0 Å². The summed E-state index contributed by atoms with van der Waals surface area (Å²) >= 11 is 3.21. The van der Waals surface area contributed by atoms with Crippen LogP contribution in [0, 0.1) is 0 Å². The third kappa shape index (κ3) is 3.39. The van der Waals surface area contributed by atoms with E-state index in [1.54, 1.807) is 22.7 Å². The van der Waals surface area contributed by atoms with E-state index < -0.39 is 0 Å². The van der Waals surface area contributed by atoms with Gasteiger partial charge in [0.2, 0.25) is 0 Å². The molecule has 2 aromatic heterocycles. The van der Waals surface area contributed by atoms with Gasteiger partial charge in [-0.2, -0.15) is 0 Å². The van der Waals surface area contributed by atoms with Crippen molar-refractivity contribution in [3.63, 3.8) is 0 Å². The van der Waals surface area contributed by atoms with E-state index in [1.807, 2.05) is 27.8 Å². The van der Waals surface area contributed by atoms with Crippen LogP contribution in [0.3, 0.4) is 0 Å². The molecule has 2 aromatic rings. The smallest absolute Gasteiger partial charge is 0.273 e. The Balaban J connectivity index is 1.69. The zero-order chi connectivity index (χ0) is 15.5. The Hall–Kier alpha value is -1.24. The van der Waals surface area contributed by atoms with Gasteiger partial charge in [-0.1, -0.05) is 6.07 Å². The maximum atomic E-state index is 12.7. The monoisotopic (exact) mass is 335 g/mol. The minimum absolute atomic E-state index is 0.0819. The Kier molecular flexibility index (Phi) is 4.90. The lowest BCUT2D eigenvalue weighted by atomic mass is 10.1. The third-order valence-corrected chi connectivity index (χ3v) is 6.05. The Morgan fingerprint density at radius 1 is 1.32 bits per heavy atom. The molecule has 0 aliphatic carbocycles. The average molecular weight is 335 g/mol. The van der Waals surface area contributed by atoms with Crippen LogP contribution in [0.1, 0.15) is 29.8 Å². The number of thiazole rings is 1. The number of carbonyl (C=O) groups excluding carboxylic acids is 1. The maximum Gasteiger partial charge on any atom is 0.273 e. The van der Waals surface area contributed by atoms with Crippen molar-refractivity contribution in [3.8, 4) is 9.88 Å². The summed E-state index contributed by atoms with van der Waals surface area (Å²) in [5, 5.41) is 4.87. The summed E-state index contributed by atoms with van der Waals surface area (Å²) in [5.74, 6) is 0.0819. The fourth-order valence-electron chi connectivity index (χ4n) is 2.85. The number of aromatic nitrogens is 1. The molecule has 1 aliphatic rings. The van der Waals surface area contributed by atoms with Gasteiger partial charge in [-0.3, -0.25) is 4.79 Å². The van der Waals surface area contributed by atoms with E-state index in [-0.39, 0.29) is 5.91 Å². The molecule has 22 heavy (non-hydrogen) atoms. The standard InChI is InChI=1S/C16H21N3OS2/c1-18(2)12-5-3-8-19(9-7-12)16(20)13-11-22-15(17-13)14-6-4-10-21-14/h4,6,10-12H,3,5,7-9H2,1-2H3/t12-/m1/s1. The number of nitrogens with zero attached hydrogens (tertiary/aromatic N) is 3. The lowest BCUT2D eigenvalue weighted by Gasteiger charge is -2.23.